The van der Waals surface area contributed by atoms with Crippen molar-refractivity contribution in [1.82, 2.24) is 20.1 Å². The number of thiazole rings is 1. The van der Waals surface area contributed by atoms with E-state index in [0.29, 0.717) is 13.2 Å². The molecule has 7 nitrogen and oxygen atoms in total. The standard InChI is InChI=1S/C14H20N4O3S/c1-10-9-22-13(16-10)11-8-17(5-6-21-11)3-2-4-18-12(19)7-15-14(18)20/h9,11H,2-8H2,1H3,(H,15,20)/t11-/m1/s1. The van der Waals surface area contributed by atoms with E-state index in [-0.39, 0.29) is 24.6 Å². The molecule has 1 aromatic rings. The van der Waals surface area contributed by atoms with Crippen LogP contribution in [0.25, 0.3) is 0 Å². The van der Waals surface area contributed by atoms with Gasteiger partial charge >= 0.3 is 6.03 Å². The van der Waals surface area contributed by atoms with E-state index in [1.807, 2.05) is 12.3 Å². The molecular weight excluding hydrogens is 304 g/mol. The zero-order valence-corrected chi connectivity index (χ0v) is 13.4. The van der Waals surface area contributed by atoms with E-state index in [1.54, 1.807) is 11.3 Å². The molecule has 2 saturated heterocycles. The number of urea groups is 1. The van der Waals surface area contributed by atoms with Crippen LogP contribution in [0, 0.1) is 6.92 Å². The van der Waals surface area contributed by atoms with Crippen LogP contribution in [0.1, 0.15) is 23.2 Å². The first kappa shape index (κ1) is 15.4. The Morgan fingerprint density at radius 3 is 3.00 bits per heavy atom. The molecule has 0 spiro atoms. The van der Waals surface area contributed by atoms with Gasteiger partial charge in [-0.15, -0.1) is 11.3 Å². The monoisotopic (exact) mass is 324 g/mol. The lowest BCUT2D eigenvalue weighted by molar-refractivity contribution is -0.125. The number of morpholine rings is 1. The largest absolute Gasteiger partial charge is 0.368 e. The van der Waals surface area contributed by atoms with E-state index in [2.05, 4.69) is 15.2 Å². The Morgan fingerprint density at radius 2 is 2.32 bits per heavy atom. The number of carbonyl (C=O) groups is 2. The summed E-state index contributed by atoms with van der Waals surface area (Å²) in [7, 11) is 0. The number of nitrogens with zero attached hydrogens (tertiary/aromatic N) is 3. The van der Waals surface area contributed by atoms with Crippen molar-refractivity contribution in [2.45, 2.75) is 19.4 Å². The van der Waals surface area contributed by atoms with Crippen LogP contribution in [0.5, 0.6) is 0 Å². The number of carbonyl (C=O) groups excluding carboxylic acids is 2. The maximum absolute atomic E-state index is 11.5. The summed E-state index contributed by atoms with van der Waals surface area (Å²) in [6.07, 6.45) is 0.812. The third-order valence-electron chi connectivity index (χ3n) is 3.86. The van der Waals surface area contributed by atoms with E-state index in [0.717, 1.165) is 36.8 Å². The maximum Gasteiger partial charge on any atom is 0.324 e. The quantitative estimate of drug-likeness (QED) is 0.810. The smallest absolute Gasteiger partial charge is 0.324 e. The van der Waals surface area contributed by atoms with Crippen molar-refractivity contribution < 1.29 is 14.3 Å². The molecule has 0 bridgehead atoms. The van der Waals surface area contributed by atoms with Crippen LogP contribution in [-0.2, 0) is 9.53 Å². The van der Waals surface area contributed by atoms with Crippen LogP contribution in [0.15, 0.2) is 5.38 Å². The highest BCUT2D eigenvalue weighted by molar-refractivity contribution is 7.09. The van der Waals surface area contributed by atoms with Crippen molar-refractivity contribution in [1.29, 1.82) is 0 Å². The van der Waals surface area contributed by atoms with E-state index in [4.69, 9.17) is 4.74 Å². The molecule has 8 heteroatoms. The summed E-state index contributed by atoms with van der Waals surface area (Å²) in [4.78, 5) is 31.1. The van der Waals surface area contributed by atoms with Gasteiger partial charge in [-0.05, 0) is 13.3 Å². The predicted molar refractivity (Wildman–Crippen MR) is 81.7 cm³/mol. The van der Waals surface area contributed by atoms with Crippen molar-refractivity contribution >= 4 is 23.3 Å². The molecule has 0 aliphatic carbocycles. The molecule has 0 radical (unpaired) electrons. The number of ether oxygens (including phenoxy) is 1. The number of imide groups is 1. The molecule has 1 aromatic heterocycles. The number of nitrogens with one attached hydrogen (secondary N) is 1. The molecule has 0 unspecified atom stereocenters. The Balaban J connectivity index is 1.46. The van der Waals surface area contributed by atoms with Gasteiger partial charge in [0.15, 0.2) is 0 Å². The number of hydrogen-bond acceptors (Lipinski definition) is 6. The lowest BCUT2D eigenvalue weighted by atomic mass is 10.2. The minimum atomic E-state index is -0.275. The molecule has 1 atom stereocenters. The first-order chi connectivity index (χ1) is 10.6. The van der Waals surface area contributed by atoms with E-state index in [1.165, 1.54) is 4.90 Å². The van der Waals surface area contributed by atoms with Gasteiger partial charge in [-0.3, -0.25) is 14.6 Å². The molecule has 2 aliphatic rings. The molecule has 2 fully saturated rings. The first-order valence-corrected chi connectivity index (χ1v) is 8.35. The highest BCUT2D eigenvalue weighted by atomic mass is 32.1. The van der Waals surface area contributed by atoms with Gasteiger partial charge < -0.3 is 10.1 Å². The molecule has 3 rings (SSSR count). The van der Waals surface area contributed by atoms with Crippen LogP contribution < -0.4 is 5.32 Å². The fourth-order valence-corrected chi connectivity index (χ4v) is 3.54. The molecule has 22 heavy (non-hydrogen) atoms. The van der Waals surface area contributed by atoms with Crippen LogP contribution in [0.4, 0.5) is 4.79 Å². The van der Waals surface area contributed by atoms with E-state index < -0.39 is 0 Å². The van der Waals surface area contributed by atoms with Crippen LogP contribution >= 0.6 is 11.3 Å². The third-order valence-corrected chi connectivity index (χ3v) is 4.91. The zero-order valence-electron chi connectivity index (χ0n) is 12.6. The van der Waals surface area contributed by atoms with Crippen LogP contribution in [-0.4, -0.2) is 66.1 Å². The number of amides is 3. The van der Waals surface area contributed by atoms with Gasteiger partial charge in [-0.25, -0.2) is 9.78 Å². The Bertz CT molecular complexity index is 546. The fourth-order valence-electron chi connectivity index (χ4n) is 2.71. The summed E-state index contributed by atoms with van der Waals surface area (Å²) < 4.78 is 5.80. The van der Waals surface area contributed by atoms with Crippen molar-refractivity contribution in [3.63, 3.8) is 0 Å². The van der Waals surface area contributed by atoms with Crippen molar-refractivity contribution in [2.75, 3.05) is 39.3 Å². The van der Waals surface area contributed by atoms with Gasteiger partial charge in [0.05, 0.1) is 13.2 Å². The molecule has 0 aromatic carbocycles. The molecule has 0 saturated carbocycles. The van der Waals surface area contributed by atoms with Crippen molar-refractivity contribution in [3.05, 3.63) is 16.1 Å². The second kappa shape index (κ2) is 6.72. The number of hydrogen-bond donors (Lipinski definition) is 1. The summed E-state index contributed by atoms with van der Waals surface area (Å²) in [6.45, 7) is 5.81. The number of rotatable bonds is 5. The normalized spacial score (nSPS) is 23.1. The SMILES string of the molecule is Cc1csc([C@H]2CN(CCCN3C(=O)CNC3=O)CCO2)n1. The molecule has 120 valence electrons. The Morgan fingerprint density at radius 1 is 1.45 bits per heavy atom. The van der Waals surface area contributed by atoms with Gasteiger partial charge in [0.1, 0.15) is 11.1 Å². The Labute approximate surface area is 133 Å². The lowest BCUT2D eigenvalue weighted by Gasteiger charge is -2.32. The van der Waals surface area contributed by atoms with Gasteiger partial charge in [-0.1, -0.05) is 0 Å². The Kier molecular flexibility index (Phi) is 4.70. The third kappa shape index (κ3) is 3.45. The summed E-state index contributed by atoms with van der Waals surface area (Å²) in [5, 5.41) is 5.60. The van der Waals surface area contributed by atoms with Crippen molar-refractivity contribution in [2.24, 2.45) is 0 Å². The fraction of sp³-hybridized carbons (Fsp3) is 0.643. The van der Waals surface area contributed by atoms with Crippen LogP contribution in [0.3, 0.4) is 0 Å². The summed E-state index contributed by atoms with van der Waals surface area (Å²) >= 11 is 1.63. The number of aromatic nitrogens is 1. The summed E-state index contributed by atoms with van der Waals surface area (Å²) in [5.41, 5.74) is 1.03. The topological polar surface area (TPSA) is 74.8 Å². The first-order valence-electron chi connectivity index (χ1n) is 7.47. The minimum absolute atomic E-state index is 0.0316. The zero-order chi connectivity index (χ0) is 15.5. The average Bonchev–Trinajstić information content (AvgIpc) is 3.08. The predicted octanol–water partition coefficient (Wildman–Crippen LogP) is 0.767. The lowest BCUT2D eigenvalue weighted by Crippen LogP contribution is -2.40. The molecule has 3 heterocycles. The van der Waals surface area contributed by atoms with Gasteiger partial charge in [0.2, 0.25) is 5.91 Å². The van der Waals surface area contributed by atoms with Gasteiger partial charge in [0.25, 0.3) is 0 Å². The van der Waals surface area contributed by atoms with Gasteiger partial charge in [0, 0.05) is 37.3 Å². The number of aryl methyl sites for hydroxylation is 1. The molecular formula is C14H20N4O3S. The Hall–Kier alpha value is -1.51. The summed E-state index contributed by atoms with van der Waals surface area (Å²) in [6, 6.07) is -0.275. The minimum Gasteiger partial charge on any atom is -0.368 e. The van der Waals surface area contributed by atoms with Gasteiger partial charge in [-0.2, -0.15) is 0 Å². The van der Waals surface area contributed by atoms with E-state index >= 15 is 0 Å². The maximum atomic E-state index is 11.5. The van der Waals surface area contributed by atoms with Crippen molar-refractivity contribution in [3.8, 4) is 0 Å². The second-order valence-corrected chi connectivity index (χ2v) is 6.43. The average molecular weight is 324 g/mol. The molecule has 2 aliphatic heterocycles. The second-order valence-electron chi connectivity index (χ2n) is 5.54. The highest BCUT2D eigenvalue weighted by Gasteiger charge is 2.28. The highest BCUT2D eigenvalue weighted by Crippen LogP contribution is 2.25. The molecule has 1 N–H and O–H groups in total. The van der Waals surface area contributed by atoms with Crippen LogP contribution in [0.2, 0.25) is 0 Å². The van der Waals surface area contributed by atoms with E-state index in [9.17, 15) is 9.59 Å². The molecule has 3 amide bonds. The summed E-state index contributed by atoms with van der Waals surface area (Å²) in [5.74, 6) is -0.136.